The lowest BCUT2D eigenvalue weighted by molar-refractivity contribution is 0.0954. The molecule has 154 valence electrons. The maximum Gasteiger partial charge on any atom is 0.254 e. The number of nitrogens with one attached hydrogen (secondary N) is 3. The van der Waals surface area contributed by atoms with E-state index in [4.69, 9.17) is 0 Å². The molecule has 0 fully saturated rings. The lowest BCUT2D eigenvalue weighted by Crippen LogP contribution is -2.27. The van der Waals surface area contributed by atoms with Crippen molar-refractivity contribution in [3.05, 3.63) is 42.4 Å². The Morgan fingerprint density at radius 2 is 2.00 bits per heavy atom. The molecule has 2 heterocycles. The maximum absolute atomic E-state index is 12.8. The summed E-state index contributed by atoms with van der Waals surface area (Å²) < 4.78 is 22.5. The molecule has 0 saturated carbocycles. The Labute approximate surface area is 170 Å². The molecule has 0 unspecified atom stereocenters. The largest absolute Gasteiger partial charge is 0.382 e. The molecule has 0 atom stereocenters. The van der Waals surface area contributed by atoms with Crippen LogP contribution in [0.5, 0.6) is 0 Å². The highest BCUT2D eigenvalue weighted by molar-refractivity contribution is 7.90. The van der Waals surface area contributed by atoms with Crippen molar-refractivity contribution in [1.29, 1.82) is 0 Å². The fraction of sp³-hybridized carbons (Fsp3) is 0.350. The Balaban J connectivity index is 1.94. The Hall–Kier alpha value is -2.94. The number of amides is 1. The number of carbonyl (C=O) groups excluding carboxylic acids is 1. The van der Waals surface area contributed by atoms with E-state index < -0.39 is 9.84 Å². The second-order valence-corrected chi connectivity index (χ2v) is 9.56. The van der Waals surface area contributed by atoms with Crippen molar-refractivity contribution in [2.45, 2.75) is 26.3 Å². The molecule has 9 heteroatoms. The number of sulfone groups is 1. The molecule has 0 aliphatic rings. The van der Waals surface area contributed by atoms with Crippen LogP contribution in [0.25, 0.3) is 22.0 Å². The van der Waals surface area contributed by atoms with E-state index >= 15 is 0 Å². The van der Waals surface area contributed by atoms with Gasteiger partial charge in [-0.15, -0.1) is 0 Å². The third-order valence-corrected chi connectivity index (χ3v) is 5.38. The predicted molar refractivity (Wildman–Crippen MR) is 115 cm³/mol. The number of aromatic amines is 1. The molecule has 0 saturated heterocycles. The van der Waals surface area contributed by atoms with Gasteiger partial charge in [0.1, 0.15) is 9.84 Å². The number of rotatable bonds is 8. The molecule has 0 aliphatic heterocycles. The van der Waals surface area contributed by atoms with Crippen molar-refractivity contribution >= 4 is 32.3 Å². The number of pyridine rings is 1. The minimum atomic E-state index is -3.05. The van der Waals surface area contributed by atoms with Crippen LogP contribution in [-0.4, -0.2) is 54.1 Å². The molecule has 1 amide bonds. The third-order valence-electron chi connectivity index (χ3n) is 4.35. The molecular weight excluding hydrogens is 390 g/mol. The topological polar surface area (TPSA) is 117 Å². The summed E-state index contributed by atoms with van der Waals surface area (Å²) in [6.07, 6.45) is 6.65. The van der Waals surface area contributed by atoms with Crippen molar-refractivity contribution in [2.24, 2.45) is 0 Å². The van der Waals surface area contributed by atoms with Gasteiger partial charge in [0, 0.05) is 42.2 Å². The average Bonchev–Trinajstić information content (AvgIpc) is 3.18. The molecule has 1 aromatic carbocycles. The van der Waals surface area contributed by atoms with E-state index in [1.54, 1.807) is 12.4 Å². The smallest absolute Gasteiger partial charge is 0.254 e. The van der Waals surface area contributed by atoms with Crippen LogP contribution in [-0.2, 0) is 9.84 Å². The Morgan fingerprint density at radius 1 is 1.21 bits per heavy atom. The zero-order chi connectivity index (χ0) is 21.0. The second-order valence-electron chi connectivity index (χ2n) is 7.30. The minimum Gasteiger partial charge on any atom is -0.382 e. The summed E-state index contributed by atoms with van der Waals surface area (Å²) in [5.74, 6) is -0.251. The number of benzene rings is 1. The van der Waals surface area contributed by atoms with Crippen LogP contribution in [0.1, 0.15) is 30.6 Å². The van der Waals surface area contributed by atoms with Crippen molar-refractivity contribution in [1.82, 2.24) is 20.5 Å². The highest BCUT2D eigenvalue weighted by Crippen LogP contribution is 2.30. The summed E-state index contributed by atoms with van der Waals surface area (Å²) in [5.41, 5.74) is 3.81. The second kappa shape index (κ2) is 8.60. The lowest BCUT2D eigenvalue weighted by Gasteiger charge is -2.17. The number of fused-ring (bicyclic) bond motifs is 1. The summed E-state index contributed by atoms with van der Waals surface area (Å²) in [4.78, 5) is 17.2. The normalized spacial score (nSPS) is 11.7. The zero-order valence-corrected chi connectivity index (χ0v) is 17.5. The van der Waals surface area contributed by atoms with E-state index in [0.717, 1.165) is 22.0 Å². The molecule has 3 aromatic rings. The Kier molecular flexibility index (Phi) is 6.17. The number of aromatic nitrogens is 3. The highest BCUT2D eigenvalue weighted by atomic mass is 32.2. The molecule has 0 radical (unpaired) electrons. The van der Waals surface area contributed by atoms with Crippen LogP contribution in [0.2, 0.25) is 0 Å². The summed E-state index contributed by atoms with van der Waals surface area (Å²) in [6, 6.07) is 5.97. The van der Waals surface area contributed by atoms with E-state index in [1.165, 1.54) is 6.26 Å². The van der Waals surface area contributed by atoms with Crippen LogP contribution < -0.4 is 10.6 Å². The van der Waals surface area contributed by atoms with Crippen LogP contribution in [0, 0.1) is 0 Å². The van der Waals surface area contributed by atoms with E-state index in [-0.39, 0.29) is 24.2 Å². The minimum absolute atomic E-state index is 0.0361. The average molecular weight is 416 g/mol. The molecule has 3 N–H and O–H groups in total. The monoisotopic (exact) mass is 415 g/mol. The summed E-state index contributed by atoms with van der Waals surface area (Å²) in [5, 5.41) is 13.8. The van der Waals surface area contributed by atoms with Crippen LogP contribution in [0.4, 0.5) is 5.69 Å². The first-order valence-corrected chi connectivity index (χ1v) is 11.4. The van der Waals surface area contributed by atoms with Gasteiger partial charge in [-0.1, -0.05) is 6.07 Å². The molecular formula is C20H25N5O3S. The summed E-state index contributed by atoms with van der Waals surface area (Å²) in [6.45, 7) is 4.28. The first kappa shape index (κ1) is 20.8. The Bertz CT molecular complexity index is 1110. The number of hydrogen-bond donors (Lipinski definition) is 3. The van der Waals surface area contributed by atoms with Gasteiger partial charge >= 0.3 is 0 Å². The van der Waals surface area contributed by atoms with Gasteiger partial charge in [0.15, 0.2) is 0 Å². The zero-order valence-electron chi connectivity index (χ0n) is 16.7. The fourth-order valence-corrected chi connectivity index (χ4v) is 3.70. The molecule has 0 spiro atoms. The first-order valence-electron chi connectivity index (χ1n) is 9.39. The quantitative estimate of drug-likeness (QED) is 0.487. The summed E-state index contributed by atoms with van der Waals surface area (Å²) in [7, 11) is -3.05. The molecule has 29 heavy (non-hydrogen) atoms. The number of nitrogens with zero attached hydrogens (tertiary/aromatic N) is 2. The standard InChI is InChI=1S/C20H25N5O3S/c1-13(2)25-19-16-9-14(15-10-23-24-11-15)5-6-18(16)22-12-17(19)20(26)21-7-4-8-29(3,27)28/h5-6,9-13H,4,7-8H2,1-3H3,(H,21,26)(H,22,25)(H,23,24). The molecule has 3 rings (SSSR count). The van der Waals surface area contributed by atoms with E-state index in [9.17, 15) is 13.2 Å². The van der Waals surface area contributed by atoms with E-state index in [0.29, 0.717) is 17.7 Å². The summed E-state index contributed by atoms with van der Waals surface area (Å²) >= 11 is 0. The van der Waals surface area contributed by atoms with Crippen molar-refractivity contribution in [2.75, 3.05) is 23.9 Å². The van der Waals surface area contributed by atoms with Crippen molar-refractivity contribution < 1.29 is 13.2 Å². The SMILES string of the molecule is CC(C)Nc1c(C(=O)NCCCS(C)(=O)=O)cnc2ccc(-c3cn[nH]c3)cc12. The molecule has 8 nitrogen and oxygen atoms in total. The molecule has 0 aliphatic carbocycles. The Morgan fingerprint density at radius 3 is 2.66 bits per heavy atom. The number of hydrogen-bond acceptors (Lipinski definition) is 6. The van der Waals surface area contributed by atoms with Gasteiger partial charge < -0.3 is 10.6 Å². The highest BCUT2D eigenvalue weighted by Gasteiger charge is 2.17. The van der Waals surface area contributed by atoms with Crippen molar-refractivity contribution in [3.8, 4) is 11.1 Å². The molecule has 0 bridgehead atoms. The lowest BCUT2D eigenvalue weighted by atomic mass is 10.0. The van der Waals surface area contributed by atoms with E-state index in [2.05, 4.69) is 25.8 Å². The van der Waals surface area contributed by atoms with Gasteiger partial charge in [-0.25, -0.2) is 8.42 Å². The first-order chi connectivity index (χ1) is 13.7. The third kappa shape index (κ3) is 5.32. The van der Waals surface area contributed by atoms with Crippen LogP contribution >= 0.6 is 0 Å². The number of H-pyrrole nitrogens is 1. The number of anilines is 1. The number of carbonyl (C=O) groups is 1. The van der Waals surface area contributed by atoms with E-state index in [1.807, 2.05) is 38.2 Å². The van der Waals surface area contributed by atoms with Gasteiger partial charge in [0.2, 0.25) is 0 Å². The fourth-order valence-electron chi connectivity index (χ4n) is 3.03. The van der Waals surface area contributed by atoms with Crippen LogP contribution in [0.15, 0.2) is 36.8 Å². The predicted octanol–water partition coefficient (Wildman–Crippen LogP) is 2.61. The molecule has 2 aromatic heterocycles. The van der Waals surface area contributed by atoms with Gasteiger partial charge in [-0.3, -0.25) is 14.9 Å². The maximum atomic E-state index is 12.8. The van der Waals surface area contributed by atoms with Gasteiger partial charge in [-0.2, -0.15) is 5.10 Å². The van der Waals surface area contributed by atoms with Gasteiger partial charge in [-0.05, 0) is 38.0 Å². The van der Waals surface area contributed by atoms with Gasteiger partial charge in [0.25, 0.3) is 5.91 Å². The van der Waals surface area contributed by atoms with Gasteiger partial charge in [0.05, 0.1) is 28.7 Å². The van der Waals surface area contributed by atoms with Crippen molar-refractivity contribution in [3.63, 3.8) is 0 Å². The van der Waals surface area contributed by atoms with Crippen LogP contribution in [0.3, 0.4) is 0 Å².